The largest absolute Gasteiger partial charge is 0.392 e. The quantitative estimate of drug-likeness (QED) is 0.686. The summed E-state index contributed by atoms with van der Waals surface area (Å²) in [4.78, 5) is 13.5. The first-order valence-corrected chi connectivity index (χ1v) is 5.26. The first-order chi connectivity index (χ1) is 6.52. The topological polar surface area (TPSA) is 58.4 Å². The van der Waals surface area contributed by atoms with E-state index in [4.69, 9.17) is 18.0 Å². The molecule has 1 unspecified atom stereocenters. The first kappa shape index (κ1) is 11.2. The summed E-state index contributed by atoms with van der Waals surface area (Å²) in [5, 5.41) is 2.92. The Morgan fingerprint density at radius 3 is 2.57 bits per heavy atom. The fourth-order valence-corrected chi connectivity index (χ4v) is 1.35. The fourth-order valence-electron chi connectivity index (χ4n) is 1.20. The molecule has 1 aliphatic carbocycles. The SMILES string of the molecule is CC(C(N)=S)N(C)C(=O)NC1CCC1. The number of thiocarbonyl (C=S) groups is 1. The lowest BCUT2D eigenvalue weighted by Gasteiger charge is -2.31. The van der Waals surface area contributed by atoms with Crippen LogP contribution >= 0.6 is 12.2 Å². The predicted molar refractivity (Wildman–Crippen MR) is 60.2 cm³/mol. The Morgan fingerprint density at radius 2 is 2.21 bits per heavy atom. The van der Waals surface area contributed by atoms with Gasteiger partial charge in [0.2, 0.25) is 0 Å². The average Bonchev–Trinajstić information content (AvgIpc) is 2.08. The van der Waals surface area contributed by atoms with Gasteiger partial charge in [0.25, 0.3) is 0 Å². The Balaban J connectivity index is 2.38. The average molecular weight is 215 g/mol. The molecule has 1 atom stereocenters. The van der Waals surface area contributed by atoms with Crippen molar-refractivity contribution in [1.82, 2.24) is 10.2 Å². The van der Waals surface area contributed by atoms with E-state index in [1.165, 1.54) is 6.42 Å². The lowest BCUT2D eigenvalue weighted by atomic mass is 9.93. The number of likely N-dealkylation sites (N-methyl/N-ethyl adjacent to an activating group) is 1. The molecule has 1 rings (SSSR count). The van der Waals surface area contributed by atoms with Gasteiger partial charge in [-0.3, -0.25) is 0 Å². The van der Waals surface area contributed by atoms with Crippen LogP contribution in [0.15, 0.2) is 0 Å². The third kappa shape index (κ3) is 2.57. The molecule has 80 valence electrons. The van der Waals surface area contributed by atoms with Crippen LogP contribution in [0, 0.1) is 0 Å². The molecule has 0 saturated heterocycles. The van der Waals surface area contributed by atoms with Gasteiger partial charge in [-0.2, -0.15) is 0 Å². The van der Waals surface area contributed by atoms with Crippen LogP contribution in [0.4, 0.5) is 4.79 Å². The van der Waals surface area contributed by atoms with Gasteiger partial charge >= 0.3 is 6.03 Å². The Morgan fingerprint density at radius 1 is 1.64 bits per heavy atom. The third-order valence-corrected chi connectivity index (χ3v) is 3.09. The van der Waals surface area contributed by atoms with E-state index in [1.54, 1.807) is 11.9 Å². The number of carbonyl (C=O) groups is 1. The van der Waals surface area contributed by atoms with Crippen molar-refractivity contribution < 1.29 is 4.79 Å². The zero-order chi connectivity index (χ0) is 10.7. The molecule has 0 aromatic carbocycles. The van der Waals surface area contributed by atoms with Crippen molar-refractivity contribution in [2.45, 2.75) is 38.3 Å². The molecule has 0 bridgehead atoms. The Hall–Kier alpha value is -0.840. The molecule has 3 N–H and O–H groups in total. The Bertz CT molecular complexity index is 240. The van der Waals surface area contributed by atoms with Crippen LogP contribution in [0.25, 0.3) is 0 Å². The minimum Gasteiger partial charge on any atom is -0.392 e. The molecule has 14 heavy (non-hydrogen) atoms. The van der Waals surface area contributed by atoms with E-state index >= 15 is 0 Å². The van der Waals surface area contributed by atoms with Crippen LogP contribution < -0.4 is 11.1 Å². The summed E-state index contributed by atoms with van der Waals surface area (Å²) in [6.45, 7) is 1.82. The second kappa shape index (κ2) is 4.59. The summed E-state index contributed by atoms with van der Waals surface area (Å²) < 4.78 is 0. The van der Waals surface area contributed by atoms with Gasteiger partial charge in [0, 0.05) is 13.1 Å². The highest BCUT2D eigenvalue weighted by molar-refractivity contribution is 7.80. The zero-order valence-corrected chi connectivity index (χ0v) is 9.43. The summed E-state index contributed by atoms with van der Waals surface area (Å²) >= 11 is 4.83. The minimum atomic E-state index is -0.190. The molecule has 0 heterocycles. The highest BCUT2D eigenvalue weighted by Gasteiger charge is 2.23. The van der Waals surface area contributed by atoms with Gasteiger partial charge in [-0.05, 0) is 26.2 Å². The summed E-state index contributed by atoms with van der Waals surface area (Å²) in [5.74, 6) is 0. The standard InChI is InChI=1S/C9H17N3OS/c1-6(8(10)14)12(2)9(13)11-7-4-3-5-7/h6-7H,3-5H2,1-2H3,(H2,10,14)(H,11,13). The molecule has 5 heteroatoms. The molecular weight excluding hydrogens is 198 g/mol. The number of nitrogens with zero attached hydrogens (tertiary/aromatic N) is 1. The lowest BCUT2D eigenvalue weighted by Crippen LogP contribution is -2.51. The normalized spacial score (nSPS) is 18.1. The number of amides is 2. The number of carbonyl (C=O) groups excluding carboxylic acids is 1. The van der Waals surface area contributed by atoms with E-state index in [9.17, 15) is 4.79 Å². The second-order valence-electron chi connectivity index (χ2n) is 3.77. The van der Waals surface area contributed by atoms with Crippen LogP contribution in [-0.4, -0.2) is 35.1 Å². The molecule has 0 radical (unpaired) electrons. The molecule has 4 nitrogen and oxygen atoms in total. The van der Waals surface area contributed by atoms with Gasteiger partial charge < -0.3 is 16.0 Å². The van der Waals surface area contributed by atoms with Gasteiger partial charge in [0.1, 0.15) is 0 Å². The van der Waals surface area contributed by atoms with E-state index in [1.807, 2.05) is 6.92 Å². The second-order valence-corrected chi connectivity index (χ2v) is 4.24. The molecule has 0 spiro atoms. The molecule has 0 aromatic heterocycles. The Labute approximate surface area is 89.8 Å². The number of nitrogens with two attached hydrogens (primary N) is 1. The van der Waals surface area contributed by atoms with Crippen molar-refractivity contribution in [3.05, 3.63) is 0 Å². The lowest BCUT2D eigenvalue weighted by molar-refractivity contribution is 0.193. The molecule has 1 saturated carbocycles. The van der Waals surface area contributed by atoms with Crippen molar-refractivity contribution in [1.29, 1.82) is 0 Å². The van der Waals surface area contributed by atoms with Crippen LogP contribution in [0.3, 0.4) is 0 Å². The van der Waals surface area contributed by atoms with Crippen LogP contribution in [-0.2, 0) is 0 Å². The van der Waals surface area contributed by atoms with Gasteiger partial charge in [-0.25, -0.2) is 4.79 Å². The maximum atomic E-state index is 11.6. The van der Waals surface area contributed by atoms with Crippen LogP contribution in [0.5, 0.6) is 0 Å². The smallest absolute Gasteiger partial charge is 0.317 e. The van der Waals surface area contributed by atoms with E-state index in [2.05, 4.69) is 5.32 Å². The van der Waals surface area contributed by atoms with Crippen LogP contribution in [0.2, 0.25) is 0 Å². The maximum Gasteiger partial charge on any atom is 0.317 e. The van der Waals surface area contributed by atoms with E-state index in [0.717, 1.165) is 12.8 Å². The van der Waals surface area contributed by atoms with Gasteiger partial charge in [0.15, 0.2) is 0 Å². The molecule has 0 aliphatic heterocycles. The Kier molecular flexibility index (Phi) is 3.69. The van der Waals surface area contributed by atoms with E-state index < -0.39 is 0 Å². The molecule has 0 aromatic rings. The van der Waals surface area contributed by atoms with E-state index in [0.29, 0.717) is 11.0 Å². The van der Waals surface area contributed by atoms with Crippen molar-refractivity contribution in [2.24, 2.45) is 5.73 Å². The minimum absolute atomic E-state index is 0.0880. The summed E-state index contributed by atoms with van der Waals surface area (Å²) in [7, 11) is 1.71. The molecule has 2 amide bonds. The van der Waals surface area contributed by atoms with Crippen LogP contribution in [0.1, 0.15) is 26.2 Å². The van der Waals surface area contributed by atoms with Crippen molar-refractivity contribution in [3.63, 3.8) is 0 Å². The number of nitrogens with one attached hydrogen (secondary N) is 1. The number of rotatable bonds is 3. The number of hydrogen-bond acceptors (Lipinski definition) is 2. The van der Waals surface area contributed by atoms with Gasteiger partial charge in [0.05, 0.1) is 11.0 Å². The molecule has 1 fully saturated rings. The first-order valence-electron chi connectivity index (χ1n) is 4.85. The van der Waals surface area contributed by atoms with Crippen molar-refractivity contribution in [3.8, 4) is 0 Å². The number of hydrogen-bond donors (Lipinski definition) is 2. The maximum absolute atomic E-state index is 11.6. The third-order valence-electron chi connectivity index (χ3n) is 2.75. The summed E-state index contributed by atoms with van der Waals surface area (Å²) in [6.07, 6.45) is 3.38. The highest BCUT2D eigenvalue weighted by Crippen LogP contribution is 2.18. The van der Waals surface area contributed by atoms with E-state index in [-0.39, 0.29) is 12.1 Å². The fraction of sp³-hybridized carbons (Fsp3) is 0.778. The molecular formula is C9H17N3OS. The van der Waals surface area contributed by atoms with Crippen molar-refractivity contribution >= 4 is 23.2 Å². The number of urea groups is 1. The zero-order valence-electron chi connectivity index (χ0n) is 8.62. The van der Waals surface area contributed by atoms with Gasteiger partial charge in [-0.1, -0.05) is 12.2 Å². The van der Waals surface area contributed by atoms with Gasteiger partial charge in [-0.15, -0.1) is 0 Å². The van der Waals surface area contributed by atoms with Crippen molar-refractivity contribution in [2.75, 3.05) is 7.05 Å². The molecule has 1 aliphatic rings. The highest BCUT2D eigenvalue weighted by atomic mass is 32.1. The predicted octanol–water partition coefficient (Wildman–Crippen LogP) is 0.855. The monoisotopic (exact) mass is 215 g/mol. The summed E-state index contributed by atoms with van der Waals surface area (Å²) in [6, 6.07) is 0.0728. The summed E-state index contributed by atoms with van der Waals surface area (Å²) in [5.41, 5.74) is 5.46.